The Bertz CT molecular complexity index is 724. The molecule has 25 heavy (non-hydrogen) atoms. The second-order valence-corrected chi connectivity index (χ2v) is 6.40. The average molecular weight is 347 g/mol. The van der Waals surface area contributed by atoms with Crippen LogP contribution in [0.15, 0.2) is 10.7 Å². The zero-order chi connectivity index (χ0) is 17.8. The van der Waals surface area contributed by atoms with E-state index in [9.17, 15) is 4.79 Å². The van der Waals surface area contributed by atoms with Gasteiger partial charge in [0.1, 0.15) is 11.9 Å². The highest BCUT2D eigenvalue weighted by Gasteiger charge is 2.21. The molecule has 0 saturated carbocycles. The smallest absolute Gasteiger partial charge is 0.227 e. The maximum atomic E-state index is 12.2. The Labute approximate surface area is 147 Å². The molecule has 2 atom stereocenters. The molecule has 0 spiro atoms. The number of rotatable bonds is 7. The quantitative estimate of drug-likeness (QED) is 0.820. The van der Waals surface area contributed by atoms with Crippen molar-refractivity contribution in [3.8, 4) is 0 Å². The molecule has 1 amide bonds. The summed E-state index contributed by atoms with van der Waals surface area (Å²) >= 11 is 0. The van der Waals surface area contributed by atoms with Crippen molar-refractivity contribution in [1.29, 1.82) is 0 Å². The highest BCUT2D eigenvalue weighted by Crippen LogP contribution is 2.16. The number of nitrogens with zero attached hydrogens (tertiary/aromatic N) is 4. The Balaban J connectivity index is 1.46. The van der Waals surface area contributed by atoms with E-state index in [0.717, 1.165) is 30.9 Å². The van der Waals surface area contributed by atoms with Gasteiger partial charge in [-0.05, 0) is 27.2 Å². The molecular formula is C17H25N5O3. The molecular weight excluding hydrogens is 322 g/mol. The van der Waals surface area contributed by atoms with E-state index in [0.29, 0.717) is 31.2 Å². The summed E-state index contributed by atoms with van der Waals surface area (Å²) in [4.78, 5) is 21.0. The van der Waals surface area contributed by atoms with Crippen LogP contribution in [0.1, 0.15) is 56.0 Å². The van der Waals surface area contributed by atoms with Crippen molar-refractivity contribution in [1.82, 2.24) is 25.0 Å². The van der Waals surface area contributed by atoms with Crippen LogP contribution in [0.25, 0.3) is 0 Å². The van der Waals surface area contributed by atoms with Gasteiger partial charge in [-0.1, -0.05) is 5.16 Å². The summed E-state index contributed by atoms with van der Waals surface area (Å²) in [7, 11) is 0. The van der Waals surface area contributed by atoms with Gasteiger partial charge in [0.15, 0.2) is 5.82 Å². The van der Waals surface area contributed by atoms with Crippen LogP contribution < -0.4 is 5.32 Å². The third-order valence-electron chi connectivity index (χ3n) is 4.31. The Morgan fingerprint density at radius 3 is 3.16 bits per heavy atom. The molecule has 0 saturated heterocycles. The average Bonchev–Trinajstić information content (AvgIpc) is 3.18. The number of fused-ring (bicyclic) bond motifs is 1. The van der Waals surface area contributed by atoms with E-state index in [-0.39, 0.29) is 18.1 Å². The van der Waals surface area contributed by atoms with Gasteiger partial charge in [0.25, 0.3) is 0 Å². The van der Waals surface area contributed by atoms with Gasteiger partial charge in [-0.3, -0.25) is 4.79 Å². The number of carbonyl (C=O) groups is 1. The fraction of sp³-hybridized carbons (Fsp3) is 0.647. The second-order valence-electron chi connectivity index (χ2n) is 6.40. The minimum Gasteiger partial charge on any atom is -0.371 e. The summed E-state index contributed by atoms with van der Waals surface area (Å²) in [6.45, 7) is 7.15. The summed E-state index contributed by atoms with van der Waals surface area (Å²) in [6.07, 6.45) is 4.40. The molecule has 3 rings (SSSR count). The van der Waals surface area contributed by atoms with Crippen LogP contribution in [0, 0.1) is 6.92 Å². The van der Waals surface area contributed by atoms with Crippen molar-refractivity contribution in [2.75, 3.05) is 6.61 Å². The zero-order valence-corrected chi connectivity index (χ0v) is 15.0. The first kappa shape index (κ1) is 17.6. The lowest BCUT2D eigenvalue weighted by Crippen LogP contribution is -2.41. The Morgan fingerprint density at radius 1 is 1.52 bits per heavy atom. The molecule has 0 radical (unpaired) electrons. The van der Waals surface area contributed by atoms with E-state index in [1.54, 1.807) is 0 Å². The third-order valence-corrected chi connectivity index (χ3v) is 4.31. The van der Waals surface area contributed by atoms with Crippen LogP contribution in [0.2, 0.25) is 0 Å². The highest BCUT2D eigenvalue weighted by molar-refractivity contribution is 5.76. The van der Waals surface area contributed by atoms with Crippen LogP contribution in [-0.4, -0.2) is 38.2 Å². The number of aryl methyl sites for hydroxylation is 3. The summed E-state index contributed by atoms with van der Waals surface area (Å²) in [5, 5.41) is 6.99. The molecule has 0 unspecified atom stereocenters. The number of carbonyl (C=O) groups excluding carboxylic acids is 1. The predicted molar refractivity (Wildman–Crippen MR) is 89.9 cm³/mol. The predicted octanol–water partition coefficient (Wildman–Crippen LogP) is 1.74. The third kappa shape index (κ3) is 4.45. The van der Waals surface area contributed by atoms with Gasteiger partial charge < -0.3 is 19.1 Å². The molecule has 1 aliphatic heterocycles. The number of ether oxygens (including phenoxy) is 1. The summed E-state index contributed by atoms with van der Waals surface area (Å²) < 4.78 is 12.7. The molecule has 0 aliphatic carbocycles. The fourth-order valence-electron chi connectivity index (χ4n) is 3.08. The minimum absolute atomic E-state index is 0.00268. The van der Waals surface area contributed by atoms with E-state index in [2.05, 4.69) is 25.0 Å². The van der Waals surface area contributed by atoms with Gasteiger partial charge in [-0.25, -0.2) is 4.98 Å². The molecule has 0 fully saturated rings. The monoisotopic (exact) mass is 347 g/mol. The van der Waals surface area contributed by atoms with Crippen LogP contribution >= 0.6 is 0 Å². The van der Waals surface area contributed by atoms with Crippen LogP contribution in [0.5, 0.6) is 0 Å². The number of hydrogen-bond acceptors (Lipinski definition) is 6. The highest BCUT2D eigenvalue weighted by atomic mass is 16.5. The number of hydrogen-bond donors (Lipinski definition) is 1. The van der Waals surface area contributed by atoms with E-state index in [4.69, 9.17) is 9.26 Å². The van der Waals surface area contributed by atoms with Gasteiger partial charge in [0, 0.05) is 44.7 Å². The van der Waals surface area contributed by atoms with Gasteiger partial charge >= 0.3 is 0 Å². The van der Waals surface area contributed by atoms with Crippen molar-refractivity contribution in [3.05, 3.63) is 29.4 Å². The van der Waals surface area contributed by atoms with E-state index in [1.165, 1.54) is 0 Å². The van der Waals surface area contributed by atoms with E-state index in [1.807, 2.05) is 27.0 Å². The number of nitrogens with one attached hydrogen (secondary N) is 1. The fourth-order valence-corrected chi connectivity index (χ4v) is 3.08. The number of amides is 1. The molecule has 136 valence electrons. The van der Waals surface area contributed by atoms with Crippen molar-refractivity contribution < 1.29 is 14.1 Å². The SMILES string of the molecule is CCO[C@H](C)c1noc(CCC(=O)N[C@@H]2CCc3nc(C)cn3C2)n1. The lowest BCUT2D eigenvalue weighted by Gasteiger charge is -2.24. The van der Waals surface area contributed by atoms with Crippen molar-refractivity contribution >= 4 is 5.91 Å². The molecule has 2 aromatic rings. The van der Waals surface area contributed by atoms with E-state index < -0.39 is 0 Å². The van der Waals surface area contributed by atoms with Crippen molar-refractivity contribution in [2.45, 2.75) is 65.1 Å². The van der Waals surface area contributed by atoms with Crippen molar-refractivity contribution in [3.63, 3.8) is 0 Å². The number of imidazole rings is 1. The summed E-state index contributed by atoms with van der Waals surface area (Å²) in [5.41, 5.74) is 1.02. The molecule has 0 bridgehead atoms. The first-order valence-corrected chi connectivity index (χ1v) is 8.81. The van der Waals surface area contributed by atoms with Crippen LogP contribution in [-0.2, 0) is 28.9 Å². The van der Waals surface area contributed by atoms with Gasteiger partial charge in [0.05, 0.1) is 5.69 Å². The largest absolute Gasteiger partial charge is 0.371 e. The topological polar surface area (TPSA) is 95.1 Å². The lowest BCUT2D eigenvalue weighted by molar-refractivity contribution is -0.122. The van der Waals surface area contributed by atoms with Gasteiger partial charge in [0.2, 0.25) is 11.8 Å². The number of aromatic nitrogens is 4. The Hall–Kier alpha value is -2.22. The van der Waals surface area contributed by atoms with Gasteiger partial charge in [-0.15, -0.1) is 0 Å². The van der Waals surface area contributed by atoms with Crippen molar-refractivity contribution in [2.24, 2.45) is 0 Å². The second kappa shape index (κ2) is 7.77. The maximum absolute atomic E-state index is 12.2. The normalized spacial score (nSPS) is 18.0. The zero-order valence-electron chi connectivity index (χ0n) is 15.0. The molecule has 8 nitrogen and oxygen atoms in total. The molecule has 8 heteroatoms. The minimum atomic E-state index is -0.202. The summed E-state index contributed by atoms with van der Waals surface area (Å²) in [6, 6.07) is 0.143. The Kier molecular flexibility index (Phi) is 5.47. The first-order valence-electron chi connectivity index (χ1n) is 8.81. The molecule has 3 heterocycles. The molecule has 1 N–H and O–H groups in total. The standard InChI is InChI=1S/C17H25N5O3/c1-4-24-12(3)17-20-16(25-21-17)8-7-15(23)19-13-5-6-14-18-11(2)9-22(14)10-13/h9,12-13H,4-8,10H2,1-3H3,(H,19,23)/t12-,13-/m1/s1. The van der Waals surface area contributed by atoms with Gasteiger partial charge in [-0.2, -0.15) is 4.98 Å². The van der Waals surface area contributed by atoms with Crippen LogP contribution in [0.4, 0.5) is 0 Å². The maximum Gasteiger partial charge on any atom is 0.227 e. The Morgan fingerprint density at radius 2 is 2.36 bits per heavy atom. The lowest BCUT2D eigenvalue weighted by atomic mass is 10.1. The van der Waals surface area contributed by atoms with E-state index >= 15 is 0 Å². The molecule has 2 aromatic heterocycles. The first-order chi connectivity index (χ1) is 12.0. The summed E-state index contributed by atoms with van der Waals surface area (Å²) in [5.74, 6) is 2.09. The molecule has 1 aliphatic rings. The molecule has 0 aromatic carbocycles. The van der Waals surface area contributed by atoms with Crippen LogP contribution in [0.3, 0.4) is 0 Å².